The molecule has 1 N–H and O–H groups in total. The standard InChI is InChI=1S/C15H24Cl2N2/c1-5-11(2)19(4)9-8-18-12(3)13-6-7-14(16)15(17)10-13/h6-7,10-12,18H,5,8-9H2,1-4H3. The van der Waals surface area contributed by atoms with Gasteiger partial charge < -0.3 is 10.2 Å². The minimum absolute atomic E-state index is 0.278. The van der Waals surface area contributed by atoms with Gasteiger partial charge in [-0.1, -0.05) is 36.2 Å². The summed E-state index contributed by atoms with van der Waals surface area (Å²) in [5, 5.41) is 4.73. The van der Waals surface area contributed by atoms with Crippen LogP contribution in [0.3, 0.4) is 0 Å². The second-order valence-corrected chi connectivity index (χ2v) is 5.90. The molecule has 0 spiro atoms. The van der Waals surface area contributed by atoms with E-state index in [2.05, 4.69) is 38.0 Å². The average Bonchev–Trinajstić information content (AvgIpc) is 2.40. The summed E-state index contributed by atoms with van der Waals surface area (Å²) in [5.41, 5.74) is 1.17. The highest BCUT2D eigenvalue weighted by Gasteiger charge is 2.09. The van der Waals surface area contributed by atoms with E-state index in [9.17, 15) is 0 Å². The Morgan fingerprint density at radius 2 is 1.89 bits per heavy atom. The molecule has 0 amide bonds. The molecular formula is C15H24Cl2N2. The summed E-state index contributed by atoms with van der Waals surface area (Å²) in [6.07, 6.45) is 1.18. The summed E-state index contributed by atoms with van der Waals surface area (Å²) in [6.45, 7) is 8.61. The summed E-state index contributed by atoms with van der Waals surface area (Å²) in [7, 11) is 2.17. The molecule has 2 atom stereocenters. The van der Waals surface area contributed by atoms with Crippen LogP contribution in [0.4, 0.5) is 0 Å². The Labute approximate surface area is 127 Å². The van der Waals surface area contributed by atoms with Crippen LogP contribution in [0.2, 0.25) is 10.0 Å². The molecule has 0 aliphatic carbocycles. The highest BCUT2D eigenvalue weighted by Crippen LogP contribution is 2.25. The molecule has 0 radical (unpaired) electrons. The Morgan fingerprint density at radius 3 is 2.47 bits per heavy atom. The zero-order valence-corrected chi connectivity index (χ0v) is 13.7. The van der Waals surface area contributed by atoms with Gasteiger partial charge in [-0.3, -0.25) is 0 Å². The second-order valence-electron chi connectivity index (χ2n) is 5.09. The van der Waals surface area contributed by atoms with E-state index in [-0.39, 0.29) is 6.04 Å². The molecule has 2 unspecified atom stereocenters. The first kappa shape index (κ1) is 16.8. The number of benzene rings is 1. The normalized spacial score (nSPS) is 14.7. The molecule has 2 nitrogen and oxygen atoms in total. The largest absolute Gasteiger partial charge is 0.309 e. The summed E-state index contributed by atoms with van der Waals surface area (Å²) in [5.74, 6) is 0. The van der Waals surface area contributed by atoms with Crippen molar-refractivity contribution in [1.29, 1.82) is 0 Å². The Hall–Kier alpha value is -0.280. The number of likely N-dealkylation sites (N-methyl/N-ethyl adjacent to an activating group) is 1. The van der Waals surface area contributed by atoms with Crippen molar-refractivity contribution in [2.45, 2.75) is 39.3 Å². The van der Waals surface area contributed by atoms with Crippen LogP contribution in [0.5, 0.6) is 0 Å². The third-order valence-corrected chi connectivity index (χ3v) is 4.44. The maximum Gasteiger partial charge on any atom is 0.0595 e. The SMILES string of the molecule is CCC(C)N(C)CCNC(C)c1ccc(Cl)c(Cl)c1. The second kappa shape index (κ2) is 8.11. The lowest BCUT2D eigenvalue weighted by Crippen LogP contribution is -2.35. The summed E-state index contributed by atoms with van der Waals surface area (Å²) < 4.78 is 0. The van der Waals surface area contributed by atoms with Crippen LogP contribution in [-0.2, 0) is 0 Å². The van der Waals surface area contributed by atoms with E-state index in [0.717, 1.165) is 13.1 Å². The quantitative estimate of drug-likeness (QED) is 0.804. The Morgan fingerprint density at radius 1 is 1.21 bits per heavy atom. The van der Waals surface area contributed by atoms with Crippen LogP contribution in [0, 0.1) is 0 Å². The van der Waals surface area contributed by atoms with Gasteiger partial charge in [0.05, 0.1) is 10.0 Å². The fraction of sp³-hybridized carbons (Fsp3) is 0.600. The summed E-state index contributed by atoms with van der Waals surface area (Å²) in [6, 6.07) is 6.70. The Bertz CT molecular complexity index is 396. The van der Waals surface area contributed by atoms with Gasteiger partial charge in [0.1, 0.15) is 0 Å². The van der Waals surface area contributed by atoms with Crippen molar-refractivity contribution in [2.24, 2.45) is 0 Å². The monoisotopic (exact) mass is 302 g/mol. The Kier molecular flexibility index (Phi) is 7.16. The molecule has 0 aromatic heterocycles. The fourth-order valence-electron chi connectivity index (χ4n) is 1.89. The first-order valence-electron chi connectivity index (χ1n) is 6.84. The molecular weight excluding hydrogens is 279 g/mol. The van der Waals surface area contributed by atoms with Crippen LogP contribution in [0.1, 0.15) is 38.8 Å². The molecule has 19 heavy (non-hydrogen) atoms. The highest BCUT2D eigenvalue weighted by atomic mass is 35.5. The van der Waals surface area contributed by atoms with E-state index in [4.69, 9.17) is 23.2 Å². The molecule has 0 aliphatic heterocycles. The fourth-order valence-corrected chi connectivity index (χ4v) is 2.20. The minimum Gasteiger partial charge on any atom is -0.309 e. The molecule has 1 rings (SSSR count). The van der Waals surface area contributed by atoms with Crippen LogP contribution >= 0.6 is 23.2 Å². The van der Waals surface area contributed by atoms with Gasteiger partial charge in [-0.2, -0.15) is 0 Å². The Balaban J connectivity index is 2.43. The topological polar surface area (TPSA) is 15.3 Å². The predicted octanol–water partition coefficient (Wildman–Crippen LogP) is 4.37. The highest BCUT2D eigenvalue weighted by molar-refractivity contribution is 6.42. The molecule has 0 saturated heterocycles. The molecule has 0 saturated carbocycles. The van der Waals surface area contributed by atoms with E-state index in [1.165, 1.54) is 12.0 Å². The van der Waals surface area contributed by atoms with E-state index < -0.39 is 0 Å². The predicted molar refractivity (Wildman–Crippen MR) is 85.3 cm³/mol. The van der Waals surface area contributed by atoms with E-state index >= 15 is 0 Å². The number of nitrogens with zero attached hydrogens (tertiary/aromatic N) is 1. The molecule has 4 heteroatoms. The van der Waals surface area contributed by atoms with Crippen molar-refractivity contribution < 1.29 is 0 Å². The van der Waals surface area contributed by atoms with Crippen molar-refractivity contribution >= 4 is 23.2 Å². The number of hydrogen-bond donors (Lipinski definition) is 1. The average molecular weight is 303 g/mol. The van der Waals surface area contributed by atoms with Gasteiger partial charge in [-0.25, -0.2) is 0 Å². The van der Waals surface area contributed by atoms with E-state index in [1.54, 1.807) is 0 Å². The maximum atomic E-state index is 6.03. The zero-order valence-electron chi connectivity index (χ0n) is 12.2. The van der Waals surface area contributed by atoms with Crippen LogP contribution < -0.4 is 5.32 Å². The van der Waals surface area contributed by atoms with Gasteiger partial charge in [0.15, 0.2) is 0 Å². The number of nitrogens with one attached hydrogen (secondary N) is 1. The molecule has 1 aromatic rings. The van der Waals surface area contributed by atoms with Gasteiger partial charge in [-0.05, 0) is 45.0 Å². The minimum atomic E-state index is 0.278. The number of halogens is 2. The van der Waals surface area contributed by atoms with Crippen molar-refractivity contribution in [3.63, 3.8) is 0 Å². The molecule has 108 valence electrons. The summed E-state index contributed by atoms with van der Waals surface area (Å²) >= 11 is 12.0. The van der Waals surface area contributed by atoms with Crippen molar-refractivity contribution in [3.05, 3.63) is 33.8 Å². The van der Waals surface area contributed by atoms with E-state index in [1.807, 2.05) is 18.2 Å². The van der Waals surface area contributed by atoms with Crippen molar-refractivity contribution in [2.75, 3.05) is 20.1 Å². The van der Waals surface area contributed by atoms with Gasteiger partial charge in [-0.15, -0.1) is 0 Å². The zero-order chi connectivity index (χ0) is 14.4. The van der Waals surface area contributed by atoms with Crippen LogP contribution in [-0.4, -0.2) is 31.1 Å². The molecule has 0 aliphatic rings. The third-order valence-electron chi connectivity index (χ3n) is 3.70. The molecule has 0 heterocycles. The molecule has 1 aromatic carbocycles. The van der Waals surface area contributed by atoms with Gasteiger partial charge in [0.25, 0.3) is 0 Å². The van der Waals surface area contributed by atoms with Gasteiger partial charge in [0.2, 0.25) is 0 Å². The van der Waals surface area contributed by atoms with Crippen LogP contribution in [0.15, 0.2) is 18.2 Å². The lowest BCUT2D eigenvalue weighted by atomic mass is 10.1. The van der Waals surface area contributed by atoms with E-state index in [0.29, 0.717) is 16.1 Å². The number of rotatable bonds is 7. The maximum absolute atomic E-state index is 6.03. The van der Waals surface area contributed by atoms with Gasteiger partial charge in [0, 0.05) is 25.2 Å². The lowest BCUT2D eigenvalue weighted by Gasteiger charge is -2.24. The third kappa shape index (κ3) is 5.31. The number of hydrogen-bond acceptors (Lipinski definition) is 2. The van der Waals surface area contributed by atoms with Gasteiger partial charge >= 0.3 is 0 Å². The lowest BCUT2D eigenvalue weighted by molar-refractivity contribution is 0.249. The van der Waals surface area contributed by atoms with Crippen LogP contribution in [0.25, 0.3) is 0 Å². The molecule has 0 fully saturated rings. The summed E-state index contributed by atoms with van der Waals surface area (Å²) in [4.78, 5) is 2.37. The molecule has 0 bridgehead atoms. The first-order chi connectivity index (χ1) is 8.95. The van der Waals surface area contributed by atoms with Crippen molar-refractivity contribution in [3.8, 4) is 0 Å². The first-order valence-corrected chi connectivity index (χ1v) is 7.59. The van der Waals surface area contributed by atoms with Crippen molar-refractivity contribution in [1.82, 2.24) is 10.2 Å². The smallest absolute Gasteiger partial charge is 0.0595 e.